The van der Waals surface area contributed by atoms with E-state index in [2.05, 4.69) is 253 Å². The Balaban J connectivity index is 1.20. The Hall–Kier alpha value is -3.92. The summed E-state index contributed by atoms with van der Waals surface area (Å²) in [5.74, 6) is 0. The van der Waals surface area contributed by atoms with E-state index in [9.17, 15) is 10.5 Å². The molecular weight excluding hydrogens is 1310 g/mol. The van der Waals surface area contributed by atoms with E-state index in [-0.39, 0.29) is 75.8 Å². The van der Waals surface area contributed by atoms with Crippen LogP contribution in [0.5, 0.6) is 0 Å². The standard InChI is InChI=1S/C100H134GeS/c1-27-29-31-33-35-97-73-49-61-67(91(15,16)43-37-85(61,3)4)55-79(73)99(80-56-68-62(50-74(80)97)86(5,6)38-44-92(68,17)18,81-57-69-63(51-75(81)97)87(7,8)39-45-93(69,19)20)101(102)100-82-58-70-64(88(9,10)40-46-94(70,21)22)52-76(82)98(36-34-32-30-28-2,77-53-65-71(59-83(77)100)95(23,24)47-41-89(65,11)12)78-54-66-72(60-84(78)100)96(25,26)48-42-90(66,13)14/h49-60H,27-48H2,1-26H3. The normalized spacial score (nSPS) is 29.0. The number of hydrogen-bond donors (Lipinski definition) is 0. The van der Waals surface area contributed by atoms with Crippen LogP contribution in [0.25, 0.3) is 0 Å². The van der Waals surface area contributed by atoms with E-state index in [0.29, 0.717) is 0 Å². The Morgan fingerprint density at radius 1 is 0.206 bits per heavy atom. The molecule has 0 nitrogen and oxygen atoms in total. The summed E-state index contributed by atoms with van der Waals surface area (Å²) in [6, 6.07) is 36.1. The van der Waals surface area contributed by atoms with Crippen molar-refractivity contribution >= 4 is 23.2 Å². The monoisotopic (exact) mass is 1440 g/mol. The molecule has 0 N–H and O–H groups in total. The Morgan fingerprint density at radius 2 is 0.343 bits per heavy atom. The maximum absolute atomic E-state index is 9.33. The minimum absolute atomic E-state index is 0.0112. The molecule has 0 spiro atoms. The van der Waals surface area contributed by atoms with Gasteiger partial charge >= 0.3 is 635 Å². The first-order valence-electron chi connectivity index (χ1n) is 42.0. The van der Waals surface area contributed by atoms with Gasteiger partial charge in [-0.15, -0.1) is 0 Å². The Morgan fingerprint density at radius 3 is 0.480 bits per heavy atom. The average Bonchev–Trinajstić information content (AvgIpc) is 0.628. The van der Waals surface area contributed by atoms with Gasteiger partial charge in [0.25, 0.3) is 0 Å². The van der Waals surface area contributed by atoms with Crippen LogP contribution in [-0.4, -0.2) is 12.7 Å². The zero-order valence-corrected chi connectivity index (χ0v) is 72.3. The molecule has 2 heteroatoms. The molecule has 18 rings (SSSR count). The fourth-order valence-electron chi connectivity index (χ4n) is 24.9. The zero-order valence-electron chi connectivity index (χ0n) is 69.4. The summed E-state index contributed by atoms with van der Waals surface area (Å²) in [7, 11) is 9.33. The van der Waals surface area contributed by atoms with Crippen LogP contribution in [0, 0.1) is 0 Å². The van der Waals surface area contributed by atoms with Gasteiger partial charge in [-0.2, -0.15) is 0 Å². The van der Waals surface area contributed by atoms with Crippen molar-refractivity contribution < 1.29 is 0 Å². The SMILES string of the molecule is CCCCCCC12c3cc4c(cc3[C]([Ge](=[S])[C]35c6cc7c(cc6C(CCCCCC)(c6cc8c(cc63)C(C)(C)CCC8(C)C)c3cc6c(cc35)C(C)(C)CCC6(C)C)C(C)(C)CCC7(C)C)(c3cc5c(cc31)C(C)(C)CCC5(C)C)c1cc3c(cc12)C(C)(C)CCC3(C)C)C(C)(C)CCC4(C)C. The molecule has 0 saturated carbocycles. The summed E-state index contributed by atoms with van der Waals surface area (Å²) in [6.07, 6.45) is 26.4. The summed E-state index contributed by atoms with van der Waals surface area (Å²) >= 11 is -3.78. The van der Waals surface area contributed by atoms with Crippen molar-refractivity contribution in [3.05, 3.63) is 206 Å². The molecule has 0 saturated heterocycles. The van der Waals surface area contributed by atoms with Gasteiger partial charge in [-0.05, 0) is 0 Å². The fourth-order valence-corrected chi connectivity index (χ4v) is 35.2. The van der Waals surface area contributed by atoms with Gasteiger partial charge in [0.1, 0.15) is 0 Å². The summed E-state index contributed by atoms with van der Waals surface area (Å²) in [6.45, 7) is 68.2. The summed E-state index contributed by atoms with van der Waals surface area (Å²) in [4.78, 5) is 0. The molecule has 0 atom stereocenters. The second kappa shape index (κ2) is 22.2. The third-order valence-corrected chi connectivity index (χ3v) is 42.1. The van der Waals surface area contributed by atoms with Crippen LogP contribution in [0.4, 0.5) is 0 Å². The fraction of sp³-hybridized carbons (Fsp3) is 0.640. The first-order chi connectivity index (χ1) is 47.2. The molecule has 0 radical (unpaired) electrons. The molecule has 0 fully saturated rings. The first-order valence-corrected chi connectivity index (χ1v) is 47.1. The number of unbranched alkanes of at least 4 members (excludes halogenated alkanes) is 6. The van der Waals surface area contributed by atoms with Crippen molar-refractivity contribution in [3.63, 3.8) is 0 Å². The maximum atomic E-state index is 9.33. The molecule has 12 aliphatic carbocycles. The number of rotatable bonds is 12. The third kappa shape index (κ3) is 9.39. The van der Waals surface area contributed by atoms with Crippen LogP contribution in [0.15, 0.2) is 72.8 Å². The van der Waals surface area contributed by atoms with Gasteiger partial charge in [-0.1, -0.05) is 0 Å². The van der Waals surface area contributed by atoms with Crippen LogP contribution in [-0.2, 0) is 84.3 Å². The van der Waals surface area contributed by atoms with Gasteiger partial charge in [-0.25, -0.2) is 0 Å². The molecule has 544 valence electrons. The van der Waals surface area contributed by atoms with Crippen LogP contribution in [0.1, 0.15) is 455 Å². The second-order valence-electron chi connectivity index (χ2n) is 44.5. The van der Waals surface area contributed by atoms with E-state index < -0.39 is 21.2 Å². The molecule has 0 unspecified atom stereocenters. The van der Waals surface area contributed by atoms with Crippen molar-refractivity contribution in [1.82, 2.24) is 0 Å². The summed E-state index contributed by atoms with van der Waals surface area (Å²) in [5.41, 5.74) is 38.4. The molecule has 6 aromatic rings. The van der Waals surface area contributed by atoms with E-state index in [0.717, 1.165) is 12.8 Å². The van der Waals surface area contributed by atoms with Gasteiger partial charge < -0.3 is 0 Å². The Kier molecular flexibility index (Phi) is 15.7. The quantitative estimate of drug-likeness (QED) is 0.0869. The predicted octanol–water partition coefficient (Wildman–Crippen LogP) is 27.3. The van der Waals surface area contributed by atoms with Crippen molar-refractivity contribution in [1.29, 1.82) is 0 Å². The van der Waals surface area contributed by atoms with Crippen LogP contribution in [0.2, 0.25) is 0 Å². The molecule has 12 aliphatic rings. The minimum atomic E-state index is -3.78. The predicted molar refractivity (Wildman–Crippen MR) is 441 cm³/mol. The van der Waals surface area contributed by atoms with E-state index in [1.165, 1.54) is 128 Å². The third-order valence-electron chi connectivity index (χ3n) is 32.6. The number of benzene rings is 6. The van der Waals surface area contributed by atoms with Gasteiger partial charge in [0, 0.05) is 0 Å². The number of hydrogen-bond acceptors (Lipinski definition) is 1. The molecule has 0 amide bonds. The van der Waals surface area contributed by atoms with Crippen LogP contribution < -0.4 is 0 Å². The van der Waals surface area contributed by atoms with E-state index in [1.54, 1.807) is 134 Å². The Labute approximate surface area is 630 Å². The van der Waals surface area contributed by atoms with E-state index in [1.807, 2.05) is 0 Å². The zero-order chi connectivity index (χ0) is 73.5. The molecule has 102 heavy (non-hydrogen) atoms. The van der Waals surface area contributed by atoms with Crippen LogP contribution in [0.3, 0.4) is 0 Å². The van der Waals surface area contributed by atoms with Gasteiger partial charge in [-0.3, -0.25) is 0 Å². The topological polar surface area (TPSA) is 0 Å². The molecule has 6 aromatic carbocycles. The van der Waals surface area contributed by atoms with Crippen molar-refractivity contribution in [2.75, 3.05) is 0 Å². The second-order valence-corrected chi connectivity index (χ2v) is 51.2. The van der Waals surface area contributed by atoms with Crippen LogP contribution >= 0.6 is 10.5 Å². The van der Waals surface area contributed by atoms with E-state index >= 15 is 0 Å². The number of fused-ring (bicyclic) bond motifs is 6. The Bertz CT molecular complexity index is 3880. The van der Waals surface area contributed by atoms with Gasteiger partial charge in [0.15, 0.2) is 0 Å². The van der Waals surface area contributed by atoms with Crippen molar-refractivity contribution in [2.24, 2.45) is 0 Å². The first kappa shape index (κ1) is 72.3. The van der Waals surface area contributed by atoms with Gasteiger partial charge in [0.2, 0.25) is 0 Å². The molecule has 0 heterocycles. The molecular formula is C100H134GeS. The molecule has 4 bridgehead atoms. The molecule has 0 aliphatic heterocycles. The average molecular weight is 1440 g/mol. The molecule has 0 aromatic heterocycles. The van der Waals surface area contributed by atoms with Gasteiger partial charge in [0.05, 0.1) is 0 Å². The summed E-state index contributed by atoms with van der Waals surface area (Å²) < 4.78 is -1.28. The summed E-state index contributed by atoms with van der Waals surface area (Å²) in [5, 5.41) is 0. The van der Waals surface area contributed by atoms with Crippen molar-refractivity contribution in [3.8, 4) is 0 Å². The van der Waals surface area contributed by atoms with E-state index in [4.69, 9.17) is 0 Å². The van der Waals surface area contributed by atoms with Crippen molar-refractivity contribution in [2.45, 2.75) is 406 Å².